The van der Waals surface area contributed by atoms with Gasteiger partial charge in [-0.2, -0.15) is 0 Å². The lowest BCUT2D eigenvalue weighted by Crippen LogP contribution is -2.49. The topological polar surface area (TPSA) is 69.6 Å². The number of carbonyl (C=O) groups excluding carboxylic acids is 1. The SMILES string of the molecule is CC1SCC(C(=O)O)N1C(=O)NCc1ccccc1Cl. The minimum absolute atomic E-state index is 0.151. The van der Waals surface area contributed by atoms with Gasteiger partial charge in [-0.3, -0.25) is 4.90 Å². The van der Waals surface area contributed by atoms with Crippen LogP contribution in [0.1, 0.15) is 12.5 Å². The molecule has 7 heteroatoms. The van der Waals surface area contributed by atoms with Crippen molar-refractivity contribution in [2.24, 2.45) is 0 Å². The highest BCUT2D eigenvalue weighted by molar-refractivity contribution is 8.00. The smallest absolute Gasteiger partial charge is 0.327 e. The van der Waals surface area contributed by atoms with Crippen LogP contribution < -0.4 is 5.32 Å². The van der Waals surface area contributed by atoms with Gasteiger partial charge in [0.15, 0.2) is 0 Å². The van der Waals surface area contributed by atoms with Crippen molar-refractivity contribution in [3.05, 3.63) is 34.9 Å². The average molecular weight is 315 g/mol. The third-order valence-electron chi connectivity index (χ3n) is 3.13. The Hall–Kier alpha value is -1.40. The quantitative estimate of drug-likeness (QED) is 0.899. The molecule has 2 atom stereocenters. The molecular formula is C13H15ClN2O3S. The molecule has 1 fully saturated rings. The van der Waals surface area contributed by atoms with Crippen LogP contribution in [0, 0.1) is 0 Å². The average Bonchev–Trinajstić information content (AvgIpc) is 2.79. The summed E-state index contributed by atoms with van der Waals surface area (Å²) in [6, 6.07) is 6.06. The Morgan fingerprint density at radius 3 is 2.85 bits per heavy atom. The summed E-state index contributed by atoms with van der Waals surface area (Å²) in [5.41, 5.74) is 0.800. The van der Waals surface area contributed by atoms with Gasteiger partial charge < -0.3 is 10.4 Å². The van der Waals surface area contributed by atoms with E-state index in [1.807, 2.05) is 25.1 Å². The number of halogens is 1. The third kappa shape index (κ3) is 3.19. The molecule has 1 aliphatic rings. The summed E-state index contributed by atoms with van der Waals surface area (Å²) >= 11 is 7.47. The number of carboxylic acids is 1. The Labute approximate surface area is 126 Å². The summed E-state index contributed by atoms with van der Waals surface area (Å²) < 4.78 is 0. The number of carboxylic acid groups (broad SMARTS) is 1. The van der Waals surface area contributed by atoms with Crippen LogP contribution >= 0.6 is 23.4 Å². The maximum Gasteiger partial charge on any atom is 0.327 e. The molecule has 108 valence electrons. The third-order valence-corrected chi connectivity index (χ3v) is 4.72. The van der Waals surface area contributed by atoms with Crippen molar-refractivity contribution in [3.8, 4) is 0 Å². The molecule has 0 spiro atoms. The lowest BCUT2D eigenvalue weighted by Gasteiger charge is -2.25. The van der Waals surface area contributed by atoms with Gasteiger partial charge in [-0.05, 0) is 18.6 Å². The summed E-state index contributed by atoms with van der Waals surface area (Å²) in [6.07, 6.45) is 0. The van der Waals surface area contributed by atoms with Crippen LogP contribution in [0.2, 0.25) is 5.02 Å². The highest BCUT2D eigenvalue weighted by Gasteiger charge is 2.39. The number of urea groups is 1. The molecule has 0 saturated carbocycles. The van der Waals surface area contributed by atoms with Gasteiger partial charge in [-0.15, -0.1) is 11.8 Å². The summed E-state index contributed by atoms with van der Waals surface area (Å²) in [4.78, 5) is 24.6. The fourth-order valence-electron chi connectivity index (χ4n) is 2.05. The molecule has 5 nitrogen and oxygen atoms in total. The number of rotatable bonds is 3. The van der Waals surface area contributed by atoms with E-state index in [2.05, 4.69) is 5.32 Å². The van der Waals surface area contributed by atoms with E-state index in [4.69, 9.17) is 16.7 Å². The number of nitrogens with zero attached hydrogens (tertiary/aromatic N) is 1. The zero-order valence-corrected chi connectivity index (χ0v) is 12.4. The second-order valence-electron chi connectivity index (χ2n) is 4.44. The molecule has 1 aliphatic heterocycles. The van der Waals surface area contributed by atoms with Gasteiger partial charge in [0, 0.05) is 17.3 Å². The lowest BCUT2D eigenvalue weighted by atomic mass is 10.2. The van der Waals surface area contributed by atoms with E-state index in [-0.39, 0.29) is 17.9 Å². The highest BCUT2D eigenvalue weighted by Crippen LogP contribution is 2.28. The predicted octanol–water partition coefficient (Wildman–Crippen LogP) is 2.40. The van der Waals surface area contributed by atoms with E-state index in [1.165, 1.54) is 16.7 Å². The molecule has 0 aliphatic carbocycles. The van der Waals surface area contributed by atoms with Gasteiger partial charge in [0.05, 0.1) is 5.37 Å². The molecule has 2 amide bonds. The van der Waals surface area contributed by atoms with Gasteiger partial charge in [0.1, 0.15) is 6.04 Å². The highest BCUT2D eigenvalue weighted by atomic mass is 35.5. The number of benzene rings is 1. The standard InChI is InChI=1S/C13H15ClN2O3S/c1-8-16(11(7-20-8)12(17)18)13(19)15-6-9-4-2-3-5-10(9)14/h2-5,8,11H,6-7H2,1H3,(H,15,19)(H,17,18). The van der Waals surface area contributed by atoms with Crippen LogP contribution in [0.15, 0.2) is 24.3 Å². The molecule has 0 aromatic heterocycles. The largest absolute Gasteiger partial charge is 0.480 e. The number of hydrogen-bond donors (Lipinski definition) is 2. The normalized spacial score (nSPS) is 21.8. The Kier molecular flexibility index (Phi) is 4.77. The Morgan fingerprint density at radius 1 is 1.50 bits per heavy atom. The van der Waals surface area contributed by atoms with Crippen molar-refractivity contribution in [2.75, 3.05) is 5.75 Å². The molecular weight excluding hydrogens is 300 g/mol. The number of thioether (sulfide) groups is 1. The van der Waals surface area contributed by atoms with E-state index in [0.29, 0.717) is 10.8 Å². The molecule has 0 bridgehead atoms. The Bertz CT molecular complexity index is 526. The molecule has 2 rings (SSSR count). The van der Waals surface area contributed by atoms with Gasteiger partial charge in [0.2, 0.25) is 0 Å². The number of nitrogens with one attached hydrogen (secondary N) is 1. The van der Waals surface area contributed by atoms with E-state index >= 15 is 0 Å². The minimum atomic E-state index is -0.977. The zero-order chi connectivity index (χ0) is 14.7. The molecule has 2 N–H and O–H groups in total. The Morgan fingerprint density at radius 2 is 2.20 bits per heavy atom. The van der Waals surface area contributed by atoms with E-state index in [1.54, 1.807) is 6.07 Å². The van der Waals surface area contributed by atoms with Crippen molar-refractivity contribution >= 4 is 35.4 Å². The van der Waals surface area contributed by atoms with Crippen LogP contribution in [0.25, 0.3) is 0 Å². The summed E-state index contributed by atoms with van der Waals surface area (Å²) in [5.74, 6) is -0.564. The van der Waals surface area contributed by atoms with Crippen molar-refractivity contribution in [1.82, 2.24) is 10.2 Å². The number of amides is 2. The van der Waals surface area contributed by atoms with Crippen molar-refractivity contribution < 1.29 is 14.7 Å². The number of aliphatic carboxylic acids is 1. The molecule has 1 saturated heterocycles. The zero-order valence-electron chi connectivity index (χ0n) is 10.9. The fourth-order valence-corrected chi connectivity index (χ4v) is 3.42. The van der Waals surface area contributed by atoms with E-state index in [9.17, 15) is 9.59 Å². The van der Waals surface area contributed by atoms with Crippen LogP contribution in [-0.2, 0) is 11.3 Å². The first-order valence-corrected chi connectivity index (χ1v) is 7.57. The van der Waals surface area contributed by atoms with Gasteiger partial charge >= 0.3 is 12.0 Å². The first kappa shape index (κ1) is 15.0. The maximum absolute atomic E-state index is 12.2. The molecule has 1 heterocycles. The maximum atomic E-state index is 12.2. The number of hydrogen-bond acceptors (Lipinski definition) is 3. The second kappa shape index (κ2) is 6.37. The van der Waals surface area contributed by atoms with Crippen molar-refractivity contribution in [1.29, 1.82) is 0 Å². The van der Waals surface area contributed by atoms with Crippen molar-refractivity contribution in [2.45, 2.75) is 24.9 Å². The summed E-state index contributed by atoms with van der Waals surface area (Å²) in [5, 5.41) is 12.3. The summed E-state index contributed by atoms with van der Waals surface area (Å²) in [6.45, 7) is 2.10. The fraction of sp³-hybridized carbons (Fsp3) is 0.385. The van der Waals surface area contributed by atoms with E-state index in [0.717, 1.165) is 5.56 Å². The molecule has 20 heavy (non-hydrogen) atoms. The first-order chi connectivity index (χ1) is 9.50. The predicted molar refractivity (Wildman–Crippen MR) is 78.9 cm³/mol. The van der Waals surface area contributed by atoms with Crippen LogP contribution in [0.3, 0.4) is 0 Å². The van der Waals surface area contributed by atoms with Crippen LogP contribution in [-0.4, -0.2) is 39.2 Å². The first-order valence-electron chi connectivity index (χ1n) is 6.14. The van der Waals surface area contributed by atoms with E-state index < -0.39 is 12.0 Å². The van der Waals surface area contributed by atoms with Crippen LogP contribution in [0.4, 0.5) is 4.79 Å². The second-order valence-corrected chi connectivity index (χ2v) is 6.20. The lowest BCUT2D eigenvalue weighted by molar-refractivity contribution is -0.141. The molecule has 2 unspecified atom stereocenters. The van der Waals surface area contributed by atoms with Gasteiger partial charge in [0.25, 0.3) is 0 Å². The number of carbonyl (C=O) groups is 2. The van der Waals surface area contributed by atoms with Crippen LogP contribution in [0.5, 0.6) is 0 Å². The monoisotopic (exact) mass is 314 g/mol. The van der Waals surface area contributed by atoms with Crippen molar-refractivity contribution in [3.63, 3.8) is 0 Å². The summed E-state index contributed by atoms with van der Waals surface area (Å²) in [7, 11) is 0. The minimum Gasteiger partial charge on any atom is -0.480 e. The molecule has 1 aromatic carbocycles. The van der Waals surface area contributed by atoms with Gasteiger partial charge in [-0.1, -0.05) is 29.8 Å². The van der Waals surface area contributed by atoms with Gasteiger partial charge in [-0.25, -0.2) is 9.59 Å². The molecule has 1 aromatic rings. The Balaban J connectivity index is 2.01. The molecule has 0 radical (unpaired) electrons.